The summed E-state index contributed by atoms with van der Waals surface area (Å²) in [6.07, 6.45) is 5.32. The molecule has 0 spiro atoms. The lowest BCUT2D eigenvalue weighted by molar-refractivity contribution is -0.115. The number of carbonyl (C=O) groups is 2. The molecule has 128 valence electrons. The molecule has 2 aliphatic carbocycles. The summed E-state index contributed by atoms with van der Waals surface area (Å²) in [6.45, 7) is 4.03. The van der Waals surface area contributed by atoms with Crippen LogP contribution in [0.3, 0.4) is 0 Å². The van der Waals surface area contributed by atoms with Crippen LogP contribution in [0.2, 0.25) is 0 Å². The van der Waals surface area contributed by atoms with Crippen molar-refractivity contribution < 1.29 is 9.59 Å². The van der Waals surface area contributed by atoms with E-state index in [1.807, 2.05) is 19.1 Å². The Hall–Kier alpha value is -1.49. The van der Waals surface area contributed by atoms with Crippen molar-refractivity contribution in [1.29, 1.82) is 0 Å². The van der Waals surface area contributed by atoms with Gasteiger partial charge in [0.1, 0.15) is 0 Å². The van der Waals surface area contributed by atoms with Crippen LogP contribution < -0.4 is 10.6 Å². The van der Waals surface area contributed by atoms with Crippen LogP contribution >= 0.6 is 11.8 Å². The van der Waals surface area contributed by atoms with Crippen molar-refractivity contribution in [2.45, 2.75) is 55.7 Å². The SMILES string of the molecule is CC1Sc2ccc(C(=O)NC(C)C3CC4CCC3C4)cc2NC1=O. The van der Waals surface area contributed by atoms with E-state index < -0.39 is 0 Å². The maximum Gasteiger partial charge on any atom is 0.251 e. The van der Waals surface area contributed by atoms with E-state index in [0.29, 0.717) is 11.5 Å². The second kappa shape index (κ2) is 6.10. The number of fused-ring (bicyclic) bond motifs is 3. The molecule has 1 aromatic carbocycles. The van der Waals surface area contributed by atoms with E-state index in [9.17, 15) is 9.59 Å². The first-order chi connectivity index (χ1) is 11.5. The minimum Gasteiger partial charge on any atom is -0.349 e. The molecule has 24 heavy (non-hydrogen) atoms. The van der Waals surface area contributed by atoms with Crippen molar-refractivity contribution in [3.63, 3.8) is 0 Å². The molecule has 5 atom stereocenters. The largest absolute Gasteiger partial charge is 0.349 e. The van der Waals surface area contributed by atoms with Gasteiger partial charge in [0, 0.05) is 16.5 Å². The van der Waals surface area contributed by atoms with E-state index in [0.717, 1.165) is 22.4 Å². The molecule has 3 aliphatic rings. The molecule has 0 radical (unpaired) electrons. The highest BCUT2D eigenvalue weighted by molar-refractivity contribution is 8.00. The van der Waals surface area contributed by atoms with E-state index in [1.165, 1.54) is 37.4 Å². The molecule has 4 nitrogen and oxygen atoms in total. The van der Waals surface area contributed by atoms with Gasteiger partial charge in [-0.3, -0.25) is 9.59 Å². The number of hydrogen-bond donors (Lipinski definition) is 2. The van der Waals surface area contributed by atoms with Crippen LogP contribution in [0.4, 0.5) is 5.69 Å². The lowest BCUT2D eigenvalue weighted by atomic mass is 9.84. The van der Waals surface area contributed by atoms with E-state index in [4.69, 9.17) is 0 Å². The first-order valence-electron chi connectivity index (χ1n) is 8.93. The number of benzene rings is 1. The van der Waals surface area contributed by atoms with Gasteiger partial charge in [0.2, 0.25) is 5.91 Å². The molecule has 4 rings (SSSR count). The molecule has 1 aromatic rings. The van der Waals surface area contributed by atoms with Gasteiger partial charge in [-0.25, -0.2) is 0 Å². The number of nitrogens with one attached hydrogen (secondary N) is 2. The molecule has 2 bridgehead atoms. The van der Waals surface area contributed by atoms with Crippen LogP contribution in [0.5, 0.6) is 0 Å². The van der Waals surface area contributed by atoms with Crippen LogP contribution in [-0.2, 0) is 4.79 Å². The van der Waals surface area contributed by atoms with E-state index >= 15 is 0 Å². The summed E-state index contributed by atoms with van der Waals surface area (Å²) in [5, 5.41) is 6.00. The predicted octanol–water partition coefficient (Wildman–Crippen LogP) is 3.67. The molecular formula is C19H24N2O2S. The molecule has 2 amide bonds. The van der Waals surface area contributed by atoms with E-state index in [-0.39, 0.29) is 23.1 Å². The van der Waals surface area contributed by atoms with Gasteiger partial charge in [0.05, 0.1) is 10.9 Å². The Kier molecular flexibility index (Phi) is 4.07. The van der Waals surface area contributed by atoms with Crippen molar-refractivity contribution >= 4 is 29.3 Å². The van der Waals surface area contributed by atoms with Crippen molar-refractivity contribution in [3.8, 4) is 0 Å². The third-order valence-corrected chi connectivity index (χ3v) is 7.14. The standard InChI is InChI=1S/C19H24N2O2S/c1-10(15-8-12-3-4-13(15)7-12)20-19(23)14-5-6-17-16(9-14)21-18(22)11(2)24-17/h5-6,9-13,15H,3-4,7-8H2,1-2H3,(H,20,23)(H,21,22). The first-order valence-corrected chi connectivity index (χ1v) is 9.81. The van der Waals surface area contributed by atoms with Gasteiger partial charge in [-0.2, -0.15) is 0 Å². The molecule has 2 fully saturated rings. The highest BCUT2D eigenvalue weighted by Gasteiger charge is 2.42. The quantitative estimate of drug-likeness (QED) is 0.879. The fraction of sp³-hybridized carbons (Fsp3) is 0.579. The number of amides is 2. The topological polar surface area (TPSA) is 58.2 Å². The molecular weight excluding hydrogens is 320 g/mol. The van der Waals surface area contributed by atoms with E-state index in [1.54, 1.807) is 6.07 Å². The van der Waals surface area contributed by atoms with Crippen molar-refractivity contribution in [1.82, 2.24) is 5.32 Å². The summed E-state index contributed by atoms with van der Waals surface area (Å²) in [6, 6.07) is 5.81. The third kappa shape index (κ3) is 2.83. The number of hydrogen-bond acceptors (Lipinski definition) is 3. The molecule has 5 heteroatoms. The zero-order valence-electron chi connectivity index (χ0n) is 14.2. The molecule has 0 aromatic heterocycles. The Morgan fingerprint density at radius 3 is 2.88 bits per heavy atom. The number of anilines is 1. The van der Waals surface area contributed by atoms with Crippen molar-refractivity contribution in [3.05, 3.63) is 23.8 Å². The fourth-order valence-electron chi connectivity index (χ4n) is 4.65. The maximum atomic E-state index is 12.6. The van der Waals surface area contributed by atoms with Gasteiger partial charge in [0.25, 0.3) is 5.91 Å². The average molecular weight is 344 g/mol. The Bertz CT molecular complexity index is 690. The summed E-state index contributed by atoms with van der Waals surface area (Å²) >= 11 is 1.54. The third-order valence-electron chi connectivity index (χ3n) is 5.97. The molecule has 1 heterocycles. The Labute approximate surface area is 147 Å². The van der Waals surface area contributed by atoms with Crippen LogP contribution in [0.1, 0.15) is 49.9 Å². The van der Waals surface area contributed by atoms with Gasteiger partial charge >= 0.3 is 0 Å². The Morgan fingerprint density at radius 1 is 1.33 bits per heavy atom. The predicted molar refractivity (Wildman–Crippen MR) is 96.3 cm³/mol. The highest BCUT2D eigenvalue weighted by Crippen LogP contribution is 2.49. The van der Waals surface area contributed by atoms with Gasteiger partial charge in [-0.05, 0) is 69.1 Å². The normalized spacial score (nSPS) is 32.2. The van der Waals surface area contributed by atoms with Crippen LogP contribution in [-0.4, -0.2) is 23.1 Å². The summed E-state index contributed by atoms with van der Waals surface area (Å²) in [4.78, 5) is 25.5. The second-order valence-corrected chi connectivity index (χ2v) is 8.94. The van der Waals surface area contributed by atoms with Gasteiger partial charge in [0.15, 0.2) is 0 Å². The second-order valence-electron chi connectivity index (χ2n) is 7.56. The van der Waals surface area contributed by atoms with Gasteiger partial charge in [-0.15, -0.1) is 11.8 Å². The minimum atomic E-state index is -0.0880. The number of rotatable bonds is 3. The number of thioether (sulfide) groups is 1. The molecule has 5 unspecified atom stereocenters. The van der Waals surface area contributed by atoms with Crippen LogP contribution in [0, 0.1) is 17.8 Å². The minimum absolute atomic E-state index is 0.000377. The lowest BCUT2D eigenvalue weighted by Gasteiger charge is -2.28. The molecule has 0 saturated heterocycles. The Balaban J connectivity index is 1.45. The van der Waals surface area contributed by atoms with Crippen molar-refractivity contribution in [2.24, 2.45) is 17.8 Å². The summed E-state index contributed by atoms with van der Waals surface area (Å²) < 4.78 is 0. The lowest BCUT2D eigenvalue weighted by Crippen LogP contribution is -2.40. The van der Waals surface area contributed by atoms with Crippen LogP contribution in [0.25, 0.3) is 0 Å². The average Bonchev–Trinajstić information content (AvgIpc) is 3.18. The fourth-order valence-corrected chi connectivity index (χ4v) is 5.58. The summed E-state index contributed by atoms with van der Waals surface area (Å²) in [7, 11) is 0. The monoisotopic (exact) mass is 344 g/mol. The molecule has 1 aliphatic heterocycles. The Morgan fingerprint density at radius 2 is 2.17 bits per heavy atom. The van der Waals surface area contributed by atoms with Crippen LogP contribution in [0.15, 0.2) is 23.1 Å². The maximum absolute atomic E-state index is 12.6. The van der Waals surface area contributed by atoms with Crippen molar-refractivity contribution in [2.75, 3.05) is 5.32 Å². The first kappa shape index (κ1) is 16.0. The molecule has 2 N–H and O–H groups in total. The van der Waals surface area contributed by atoms with Gasteiger partial charge in [-0.1, -0.05) is 6.42 Å². The highest BCUT2D eigenvalue weighted by atomic mass is 32.2. The smallest absolute Gasteiger partial charge is 0.251 e. The number of carbonyl (C=O) groups excluding carboxylic acids is 2. The molecule has 2 saturated carbocycles. The summed E-state index contributed by atoms with van der Waals surface area (Å²) in [5.41, 5.74) is 1.38. The van der Waals surface area contributed by atoms with E-state index in [2.05, 4.69) is 17.6 Å². The summed E-state index contributed by atoms with van der Waals surface area (Å²) in [5.74, 6) is 2.27. The zero-order valence-corrected chi connectivity index (χ0v) is 15.0. The van der Waals surface area contributed by atoms with Gasteiger partial charge < -0.3 is 10.6 Å². The zero-order chi connectivity index (χ0) is 16.8.